The highest BCUT2D eigenvalue weighted by atomic mass is 35.5. The second kappa shape index (κ2) is 5.78. The van der Waals surface area contributed by atoms with Crippen molar-refractivity contribution in [1.82, 2.24) is 0 Å². The van der Waals surface area contributed by atoms with Crippen molar-refractivity contribution >= 4 is 12.4 Å². The minimum Gasteiger partial charge on any atom is -0.324 e. The first-order chi connectivity index (χ1) is 7.61. The van der Waals surface area contributed by atoms with Crippen LogP contribution >= 0.6 is 12.4 Å². The predicted molar refractivity (Wildman–Crippen MR) is 67.2 cm³/mol. The Morgan fingerprint density at radius 2 is 1.82 bits per heavy atom. The van der Waals surface area contributed by atoms with Crippen LogP contribution in [0, 0.1) is 24.5 Å². The summed E-state index contributed by atoms with van der Waals surface area (Å²) in [6.45, 7) is 1.64. The number of rotatable bonds is 2. The van der Waals surface area contributed by atoms with E-state index in [0.717, 1.165) is 25.7 Å². The normalized spacial score (nSPS) is 17.9. The van der Waals surface area contributed by atoms with Gasteiger partial charge in [-0.3, -0.25) is 0 Å². The Morgan fingerprint density at radius 3 is 2.41 bits per heavy atom. The van der Waals surface area contributed by atoms with Crippen molar-refractivity contribution in [3.8, 4) is 0 Å². The highest BCUT2D eigenvalue weighted by molar-refractivity contribution is 5.85. The molecule has 1 aromatic rings. The molecule has 4 heteroatoms. The van der Waals surface area contributed by atoms with Crippen molar-refractivity contribution in [2.24, 2.45) is 11.7 Å². The molecule has 0 aliphatic heterocycles. The van der Waals surface area contributed by atoms with E-state index in [9.17, 15) is 8.78 Å². The van der Waals surface area contributed by atoms with Crippen LogP contribution in [0.25, 0.3) is 0 Å². The second-order valence-electron chi connectivity index (χ2n) is 4.66. The Hall–Kier alpha value is -0.670. The molecule has 2 rings (SSSR count). The van der Waals surface area contributed by atoms with Crippen molar-refractivity contribution in [3.05, 3.63) is 34.9 Å². The van der Waals surface area contributed by atoms with Gasteiger partial charge in [0.15, 0.2) is 0 Å². The Labute approximate surface area is 107 Å². The fourth-order valence-corrected chi connectivity index (χ4v) is 2.54. The minimum absolute atomic E-state index is 0. The molecule has 2 N–H and O–H groups in total. The summed E-state index contributed by atoms with van der Waals surface area (Å²) in [6.07, 6.45) is 4.20. The first kappa shape index (κ1) is 14.4. The molecule has 96 valence electrons. The van der Waals surface area contributed by atoms with Crippen molar-refractivity contribution in [1.29, 1.82) is 0 Å². The average molecular weight is 262 g/mol. The van der Waals surface area contributed by atoms with Crippen LogP contribution in [0.1, 0.15) is 42.9 Å². The molecule has 0 spiro atoms. The van der Waals surface area contributed by atoms with Gasteiger partial charge in [0, 0.05) is 11.6 Å². The van der Waals surface area contributed by atoms with E-state index >= 15 is 0 Å². The smallest absolute Gasteiger partial charge is 0.133 e. The summed E-state index contributed by atoms with van der Waals surface area (Å²) < 4.78 is 27.5. The van der Waals surface area contributed by atoms with E-state index in [0.29, 0.717) is 5.56 Å². The number of aryl methyl sites for hydroxylation is 1. The molecule has 0 amide bonds. The van der Waals surface area contributed by atoms with Gasteiger partial charge >= 0.3 is 0 Å². The molecule has 0 saturated heterocycles. The van der Waals surface area contributed by atoms with Crippen LogP contribution in [0.4, 0.5) is 8.78 Å². The van der Waals surface area contributed by atoms with Gasteiger partial charge in [-0.05, 0) is 37.3 Å². The molecule has 0 unspecified atom stereocenters. The Bertz CT molecular complexity index is 389. The number of nitrogens with two attached hydrogens (primary N) is 1. The lowest BCUT2D eigenvalue weighted by Gasteiger charge is -2.21. The molecule has 1 aliphatic rings. The first-order valence-electron chi connectivity index (χ1n) is 5.81. The molecule has 0 aromatic heterocycles. The number of hydrogen-bond acceptors (Lipinski definition) is 1. The zero-order chi connectivity index (χ0) is 11.7. The molecule has 1 fully saturated rings. The van der Waals surface area contributed by atoms with Crippen molar-refractivity contribution in [2.75, 3.05) is 0 Å². The maximum atomic E-state index is 13.8. The maximum absolute atomic E-state index is 13.8. The summed E-state index contributed by atoms with van der Waals surface area (Å²) in [6, 6.07) is 2.26. The standard InChI is InChI=1S/C13H17F2N.ClH/c1-8-6-7-10(14)11(12(8)15)13(16)9-4-2-3-5-9;/h6-7,9,13H,2-5,16H2,1H3;1H/t13-;/m0./s1. The van der Waals surface area contributed by atoms with Gasteiger partial charge < -0.3 is 5.73 Å². The van der Waals surface area contributed by atoms with E-state index in [2.05, 4.69) is 0 Å². The Balaban J connectivity index is 0.00000144. The molecular weight excluding hydrogens is 244 g/mol. The van der Waals surface area contributed by atoms with Gasteiger partial charge in [-0.25, -0.2) is 8.78 Å². The van der Waals surface area contributed by atoms with Gasteiger partial charge in [0.05, 0.1) is 0 Å². The molecule has 1 saturated carbocycles. The van der Waals surface area contributed by atoms with Crippen molar-refractivity contribution in [3.63, 3.8) is 0 Å². The first-order valence-corrected chi connectivity index (χ1v) is 5.81. The van der Waals surface area contributed by atoms with Crippen LogP contribution in [-0.2, 0) is 0 Å². The number of benzene rings is 1. The summed E-state index contributed by atoms with van der Waals surface area (Å²) in [5.74, 6) is -0.757. The molecule has 1 nitrogen and oxygen atoms in total. The summed E-state index contributed by atoms with van der Waals surface area (Å²) in [5, 5.41) is 0. The highest BCUT2D eigenvalue weighted by Crippen LogP contribution is 2.36. The maximum Gasteiger partial charge on any atom is 0.133 e. The quantitative estimate of drug-likeness (QED) is 0.859. The van der Waals surface area contributed by atoms with E-state index in [1.165, 1.54) is 12.1 Å². The van der Waals surface area contributed by atoms with Crippen LogP contribution in [0.15, 0.2) is 12.1 Å². The van der Waals surface area contributed by atoms with Crippen LogP contribution in [0.2, 0.25) is 0 Å². The summed E-state index contributed by atoms with van der Waals surface area (Å²) in [7, 11) is 0. The monoisotopic (exact) mass is 261 g/mol. The number of halogens is 3. The van der Waals surface area contributed by atoms with Gasteiger partial charge in [0.2, 0.25) is 0 Å². The van der Waals surface area contributed by atoms with E-state index in [1.807, 2.05) is 0 Å². The van der Waals surface area contributed by atoms with Crippen LogP contribution < -0.4 is 5.73 Å². The Kier molecular flexibility index (Phi) is 4.90. The van der Waals surface area contributed by atoms with Crippen LogP contribution in [0.3, 0.4) is 0 Å². The van der Waals surface area contributed by atoms with E-state index < -0.39 is 17.7 Å². The van der Waals surface area contributed by atoms with Crippen molar-refractivity contribution < 1.29 is 8.78 Å². The molecule has 17 heavy (non-hydrogen) atoms. The van der Waals surface area contributed by atoms with Crippen molar-refractivity contribution in [2.45, 2.75) is 38.6 Å². The highest BCUT2D eigenvalue weighted by Gasteiger charge is 2.28. The molecule has 1 atom stereocenters. The topological polar surface area (TPSA) is 26.0 Å². The fourth-order valence-electron chi connectivity index (χ4n) is 2.54. The zero-order valence-corrected chi connectivity index (χ0v) is 10.7. The summed E-state index contributed by atoms with van der Waals surface area (Å²) >= 11 is 0. The lowest BCUT2D eigenvalue weighted by molar-refractivity contribution is 0.409. The lowest BCUT2D eigenvalue weighted by Crippen LogP contribution is -2.22. The molecule has 0 radical (unpaired) electrons. The van der Waals surface area contributed by atoms with Gasteiger partial charge in [-0.2, -0.15) is 0 Å². The SMILES string of the molecule is Cc1ccc(F)c([C@@H](N)C2CCCC2)c1F.Cl. The van der Waals surface area contributed by atoms with E-state index in [1.54, 1.807) is 6.92 Å². The van der Waals surface area contributed by atoms with E-state index in [-0.39, 0.29) is 23.9 Å². The largest absolute Gasteiger partial charge is 0.324 e. The zero-order valence-electron chi connectivity index (χ0n) is 9.88. The molecule has 1 aromatic carbocycles. The van der Waals surface area contributed by atoms with Gasteiger partial charge in [-0.15, -0.1) is 12.4 Å². The van der Waals surface area contributed by atoms with Crippen LogP contribution in [0.5, 0.6) is 0 Å². The Morgan fingerprint density at radius 1 is 1.24 bits per heavy atom. The lowest BCUT2D eigenvalue weighted by atomic mass is 9.91. The third kappa shape index (κ3) is 2.78. The predicted octanol–water partition coefficient (Wildman–Crippen LogP) is 3.89. The molecular formula is C13H18ClF2N. The van der Waals surface area contributed by atoms with Gasteiger partial charge in [0.25, 0.3) is 0 Å². The minimum atomic E-state index is -0.512. The van der Waals surface area contributed by atoms with E-state index in [4.69, 9.17) is 5.73 Å². The fraction of sp³-hybridized carbons (Fsp3) is 0.538. The van der Waals surface area contributed by atoms with Crippen LogP contribution in [-0.4, -0.2) is 0 Å². The second-order valence-corrected chi connectivity index (χ2v) is 4.66. The molecule has 1 aliphatic carbocycles. The van der Waals surface area contributed by atoms with Gasteiger partial charge in [-0.1, -0.05) is 18.9 Å². The summed E-state index contributed by atoms with van der Waals surface area (Å²) in [5.41, 5.74) is 6.53. The average Bonchev–Trinajstić information content (AvgIpc) is 2.77. The third-order valence-corrected chi connectivity index (χ3v) is 3.56. The number of hydrogen-bond donors (Lipinski definition) is 1. The third-order valence-electron chi connectivity index (χ3n) is 3.56. The molecule has 0 bridgehead atoms. The van der Waals surface area contributed by atoms with Gasteiger partial charge in [0.1, 0.15) is 11.6 Å². The summed E-state index contributed by atoms with van der Waals surface area (Å²) in [4.78, 5) is 0. The molecule has 0 heterocycles.